The van der Waals surface area contributed by atoms with E-state index in [9.17, 15) is 4.79 Å². The zero-order valence-electron chi connectivity index (χ0n) is 12.2. The van der Waals surface area contributed by atoms with E-state index in [1.54, 1.807) is 13.2 Å². The summed E-state index contributed by atoms with van der Waals surface area (Å²) in [6.45, 7) is 4.26. The molecule has 2 rings (SSSR count). The number of halogens is 1. The highest BCUT2D eigenvalue weighted by Gasteiger charge is 2.13. The number of methoxy groups -OCH3 is 1. The molecule has 6 heteroatoms. The standard InChI is InChI=1S/C15H17ClN2O2S/c1-9-11(16)5-4-6-12(9)18-14(19)7-13-10(2)17-15(21-13)8-20-3/h4-6H,7-8H2,1-3H3,(H,18,19). The second kappa shape index (κ2) is 7.02. The summed E-state index contributed by atoms with van der Waals surface area (Å²) in [6.07, 6.45) is 0.305. The molecule has 0 aliphatic heterocycles. The predicted octanol–water partition coefficient (Wildman–Crippen LogP) is 3.74. The zero-order chi connectivity index (χ0) is 15.4. The normalized spacial score (nSPS) is 10.7. The van der Waals surface area contributed by atoms with Crippen LogP contribution in [-0.4, -0.2) is 18.0 Å². The van der Waals surface area contributed by atoms with Gasteiger partial charge in [0, 0.05) is 22.7 Å². The number of amides is 1. The molecule has 0 spiro atoms. The minimum atomic E-state index is -0.0731. The van der Waals surface area contributed by atoms with E-state index < -0.39 is 0 Å². The van der Waals surface area contributed by atoms with Crippen molar-refractivity contribution in [3.05, 3.63) is 44.4 Å². The van der Waals surface area contributed by atoms with E-state index in [0.29, 0.717) is 18.1 Å². The zero-order valence-corrected chi connectivity index (χ0v) is 13.8. The summed E-state index contributed by atoms with van der Waals surface area (Å²) in [7, 11) is 1.63. The van der Waals surface area contributed by atoms with Gasteiger partial charge in [0.2, 0.25) is 5.91 Å². The molecule has 0 bridgehead atoms. The van der Waals surface area contributed by atoms with Crippen LogP contribution >= 0.6 is 22.9 Å². The van der Waals surface area contributed by atoms with Crippen LogP contribution in [0.1, 0.15) is 21.1 Å². The Balaban J connectivity index is 2.06. The molecule has 0 radical (unpaired) electrons. The van der Waals surface area contributed by atoms with Gasteiger partial charge in [0.25, 0.3) is 0 Å². The summed E-state index contributed by atoms with van der Waals surface area (Å²) in [5.41, 5.74) is 2.49. The Bertz CT molecular complexity index is 655. The van der Waals surface area contributed by atoms with E-state index >= 15 is 0 Å². The molecule has 0 fully saturated rings. The number of hydrogen-bond acceptors (Lipinski definition) is 4. The summed E-state index contributed by atoms with van der Waals surface area (Å²) < 4.78 is 5.06. The van der Waals surface area contributed by atoms with Crippen LogP contribution < -0.4 is 5.32 Å². The van der Waals surface area contributed by atoms with E-state index in [0.717, 1.165) is 26.8 Å². The van der Waals surface area contributed by atoms with Gasteiger partial charge in [-0.05, 0) is 31.5 Å². The molecule has 1 aromatic heterocycles. The number of nitrogens with one attached hydrogen (secondary N) is 1. The van der Waals surface area contributed by atoms with E-state index in [1.807, 2.05) is 26.0 Å². The maximum atomic E-state index is 12.2. The molecular formula is C15H17ClN2O2S. The van der Waals surface area contributed by atoms with Crippen molar-refractivity contribution in [3.8, 4) is 0 Å². The molecule has 1 aromatic carbocycles. The summed E-state index contributed by atoms with van der Waals surface area (Å²) in [4.78, 5) is 17.5. The number of rotatable bonds is 5. The molecule has 1 amide bonds. The van der Waals surface area contributed by atoms with Crippen molar-refractivity contribution < 1.29 is 9.53 Å². The van der Waals surface area contributed by atoms with Gasteiger partial charge in [0.05, 0.1) is 18.7 Å². The Morgan fingerprint density at radius 3 is 2.90 bits per heavy atom. The molecule has 1 N–H and O–H groups in total. The summed E-state index contributed by atoms with van der Waals surface area (Å²) >= 11 is 7.55. The van der Waals surface area contributed by atoms with E-state index in [1.165, 1.54) is 11.3 Å². The summed E-state index contributed by atoms with van der Waals surface area (Å²) in [6, 6.07) is 5.46. The third kappa shape index (κ3) is 4.03. The van der Waals surface area contributed by atoms with E-state index in [-0.39, 0.29) is 5.91 Å². The molecular weight excluding hydrogens is 308 g/mol. The number of benzene rings is 1. The molecule has 0 saturated carbocycles. The monoisotopic (exact) mass is 324 g/mol. The molecule has 0 unspecified atom stereocenters. The first-order valence-corrected chi connectivity index (χ1v) is 7.69. The fraction of sp³-hybridized carbons (Fsp3) is 0.333. The van der Waals surface area contributed by atoms with Crippen molar-refractivity contribution in [2.24, 2.45) is 0 Å². The smallest absolute Gasteiger partial charge is 0.229 e. The van der Waals surface area contributed by atoms with Gasteiger partial charge in [-0.25, -0.2) is 4.98 Å². The third-order valence-electron chi connectivity index (χ3n) is 3.07. The average molecular weight is 325 g/mol. The second-order valence-electron chi connectivity index (χ2n) is 4.69. The quantitative estimate of drug-likeness (QED) is 0.911. The Morgan fingerprint density at radius 2 is 2.19 bits per heavy atom. The lowest BCUT2D eigenvalue weighted by molar-refractivity contribution is -0.115. The first kappa shape index (κ1) is 15.9. The SMILES string of the molecule is COCc1nc(C)c(CC(=O)Nc2cccc(Cl)c2C)s1. The van der Waals surface area contributed by atoms with Gasteiger partial charge in [-0.3, -0.25) is 4.79 Å². The van der Waals surface area contributed by atoms with Crippen molar-refractivity contribution in [3.63, 3.8) is 0 Å². The lowest BCUT2D eigenvalue weighted by Crippen LogP contribution is -2.15. The third-order valence-corrected chi connectivity index (χ3v) is 4.61. The minimum Gasteiger partial charge on any atom is -0.378 e. The van der Waals surface area contributed by atoms with Crippen LogP contribution in [0.5, 0.6) is 0 Å². The molecule has 0 saturated heterocycles. The molecule has 21 heavy (non-hydrogen) atoms. The fourth-order valence-corrected chi connectivity index (χ4v) is 3.14. The maximum absolute atomic E-state index is 12.2. The Hall–Kier alpha value is -1.43. The van der Waals surface area contributed by atoms with Crippen LogP contribution in [0.15, 0.2) is 18.2 Å². The average Bonchev–Trinajstić information content (AvgIpc) is 2.76. The second-order valence-corrected chi connectivity index (χ2v) is 6.26. The molecule has 0 aliphatic rings. The van der Waals surface area contributed by atoms with Crippen LogP contribution in [-0.2, 0) is 22.6 Å². The van der Waals surface area contributed by atoms with Crippen molar-refractivity contribution in [1.29, 1.82) is 0 Å². The van der Waals surface area contributed by atoms with Crippen LogP contribution in [0.3, 0.4) is 0 Å². The van der Waals surface area contributed by atoms with Gasteiger partial charge >= 0.3 is 0 Å². The summed E-state index contributed by atoms with van der Waals surface area (Å²) in [5.74, 6) is -0.0731. The Labute approximate surface area is 133 Å². The number of carbonyl (C=O) groups is 1. The van der Waals surface area contributed by atoms with Gasteiger partial charge in [-0.2, -0.15) is 0 Å². The highest BCUT2D eigenvalue weighted by atomic mass is 35.5. The lowest BCUT2D eigenvalue weighted by Gasteiger charge is -2.09. The first-order valence-electron chi connectivity index (χ1n) is 6.50. The molecule has 0 atom stereocenters. The fourth-order valence-electron chi connectivity index (χ4n) is 1.92. The van der Waals surface area contributed by atoms with Gasteiger partial charge in [0.15, 0.2) is 0 Å². The lowest BCUT2D eigenvalue weighted by atomic mass is 10.2. The first-order chi connectivity index (χ1) is 10.0. The molecule has 4 nitrogen and oxygen atoms in total. The number of hydrogen-bond donors (Lipinski definition) is 1. The van der Waals surface area contributed by atoms with Crippen molar-refractivity contribution in [2.75, 3.05) is 12.4 Å². The maximum Gasteiger partial charge on any atom is 0.229 e. The van der Waals surface area contributed by atoms with Crippen molar-refractivity contribution in [2.45, 2.75) is 26.9 Å². The van der Waals surface area contributed by atoms with Gasteiger partial charge in [-0.1, -0.05) is 17.7 Å². The van der Waals surface area contributed by atoms with Gasteiger partial charge in [0.1, 0.15) is 5.01 Å². The largest absolute Gasteiger partial charge is 0.378 e. The van der Waals surface area contributed by atoms with Crippen LogP contribution in [0.25, 0.3) is 0 Å². The van der Waals surface area contributed by atoms with Crippen LogP contribution in [0, 0.1) is 13.8 Å². The summed E-state index contributed by atoms with van der Waals surface area (Å²) in [5, 5.41) is 4.42. The number of anilines is 1. The van der Waals surface area contributed by atoms with Crippen molar-refractivity contribution >= 4 is 34.5 Å². The van der Waals surface area contributed by atoms with E-state index in [2.05, 4.69) is 10.3 Å². The van der Waals surface area contributed by atoms with E-state index in [4.69, 9.17) is 16.3 Å². The number of carbonyl (C=O) groups excluding carboxylic acids is 1. The van der Waals surface area contributed by atoms with Crippen LogP contribution in [0.2, 0.25) is 5.02 Å². The van der Waals surface area contributed by atoms with Crippen molar-refractivity contribution in [1.82, 2.24) is 4.98 Å². The molecule has 112 valence electrons. The predicted molar refractivity (Wildman–Crippen MR) is 86.1 cm³/mol. The molecule has 0 aliphatic carbocycles. The number of aromatic nitrogens is 1. The number of thiazole rings is 1. The number of ether oxygens (including phenoxy) is 1. The molecule has 2 aromatic rings. The highest BCUT2D eigenvalue weighted by molar-refractivity contribution is 7.11. The minimum absolute atomic E-state index is 0.0731. The molecule has 1 heterocycles. The van der Waals surface area contributed by atoms with Crippen LogP contribution in [0.4, 0.5) is 5.69 Å². The number of nitrogens with zero attached hydrogens (tertiary/aromatic N) is 1. The highest BCUT2D eigenvalue weighted by Crippen LogP contribution is 2.24. The Morgan fingerprint density at radius 1 is 1.43 bits per heavy atom. The van der Waals surface area contributed by atoms with Gasteiger partial charge < -0.3 is 10.1 Å². The topological polar surface area (TPSA) is 51.2 Å². The number of aryl methyl sites for hydroxylation is 1. The Kier molecular flexibility index (Phi) is 5.33. The van der Waals surface area contributed by atoms with Gasteiger partial charge in [-0.15, -0.1) is 11.3 Å².